The van der Waals surface area contributed by atoms with E-state index < -0.39 is 0 Å². The Labute approximate surface area is 125 Å². The van der Waals surface area contributed by atoms with Gasteiger partial charge in [0, 0.05) is 25.2 Å². The highest BCUT2D eigenvalue weighted by Crippen LogP contribution is 2.26. The Morgan fingerprint density at radius 3 is 2.76 bits per heavy atom. The second-order valence-corrected chi connectivity index (χ2v) is 5.00. The van der Waals surface area contributed by atoms with E-state index in [1.54, 1.807) is 12.1 Å². The molecular weight excluding hydrogens is 267 g/mol. The summed E-state index contributed by atoms with van der Waals surface area (Å²) in [7, 11) is 1.91. The summed E-state index contributed by atoms with van der Waals surface area (Å²) in [6.07, 6.45) is 2.55. The number of hydrogen-bond acceptors (Lipinski definition) is 4. The minimum atomic E-state index is -0.199. The van der Waals surface area contributed by atoms with Gasteiger partial charge in [-0.1, -0.05) is 25.1 Å². The van der Waals surface area contributed by atoms with Crippen molar-refractivity contribution in [1.29, 1.82) is 0 Å². The Morgan fingerprint density at radius 2 is 2.05 bits per heavy atom. The maximum Gasteiger partial charge on any atom is 0.134 e. The lowest BCUT2D eigenvalue weighted by Gasteiger charge is -2.26. The summed E-state index contributed by atoms with van der Waals surface area (Å²) >= 11 is 0. The van der Waals surface area contributed by atoms with Crippen molar-refractivity contribution in [2.75, 3.05) is 23.8 Å². The molecule has 1 aromatic heterocycles. The average Bonchev–Trinajstić information content (AvgIpc) is 2.52. The van der Waals surface area contributed by atoms with Crippen LogP contribution in [0.3, 0.4) is 0 Å². The quantitative estimate of drug-likeness (QED) is 0.881. The van der Waals surface area contributed by atoms with Gasteiger partial charge in [0.15, 0.2) is 0 Å². The molecule has 0 radical (unpaired) electrons. The molecule has 0 aliphatic rings. The largest absolute Gasteiger partial charge is 0.370 e. The zero-order valence-corrected chi connectivity index (χ0v) is 12.7. The van der Waals surface area contributed by atoms with Gasteiger partial charge in [-0.2, -0.15) is 0 Å². The van der Waals surface area contributed by atoms with Gasteiger partial charge in [0.05, 0.1) is 6.04 Å². The maximum atomic E-state index is 13.9. The molecule has 21 heavy (non-hydrogen) atoms. The first kappa shape index (κ1) is 15.2. The van der Waals surface area contributed by atoms with E-state index in [0.717, 1.165) is 24.6 Å². The Kier molecular flexibility index (Phi) is 5.09. The number of rotatable bonds is 6. The zero-order valence-electron chi connectivity index (χ0n) is 12.7. The van der Waals surface area contributed by atoms with Crippen molar-refractivity contribution in [1.82, 2.24) is 9.97 Å². The molecule has 0 aliphatic carbocycles. The van der Waals surface area contributed by atoms with Crippen LogP contribution in [-0.2, 0) is 0 Å². The van der Waals surface area contributed by atoms with Crippen LogP contribution in [0.2, 0.25) is 0 Å². The van der Waals surface area contributed by atoms with Crippen LogP contribution in [0, 0.1) is 5.82 Å². The summed E-state index contributed by atoms with van der Waals surface area (Å²) in [5.41, 5.74) is 0.654. The van der Waals surface area contributed by atoms with Gasteiger partial charge in [-0.3, -0.25) is 0 Å². The van der Waals surface area contributed by atoms with Crippen LogP contribution < -0.4 is 10.2 Å². The fourth-order valence-electron chi connectivity index (χ4n) is 2.11. The number of halogens is 1. The summed E-state index contributed by atoms with van der Waals surface area (Å²) in [5.74, 6) is 1.35. The topological polar surface area (TPSA) is 41.0 Å². The lowest BCUT2D eigenvalue weighted by molar-refractivity contribution is 0.584. The number of hydrogen-bond donors (Lipinski definition) is 1. The van der Waals surface area contributed by atoms with Crippen LogP contribution in [-0.4, -0.2) is 23.6 Å². The van der Waals surface area contributed by atoms with Crippen LogP contribution in [0.15, 0.2) is 36.7 Å². The first-order chi connectivity index (χ1) is 10.1. The molecule has 0 saturated heterocycles. The molecule has 1 N–H and O–H groups in total. The van der Waals surface area contributed by atoms with Crippen LogP contribution in [0.1, 0.15) is 31.9 Å². The molecular formula is C16H21FN4. The predicted molar refractivity (Wildman–Crippen MR) is 84.0 cm³/mol. The number of nitrogens with zero attached hydrogens (tertiary/aromatic N) is 3. The molecule has 0 aliphatic heterocycles. The summed E-state index contributed by atoms with van der Waals surface area (Å²) in [5, 5.41) is 3.23. The normalized spacial score (nSPS) is 12.0. The number of nitrogens with one attached hydrogen (secondary N) is 1. The third-order valence-corrected chi connectivity index (χ3v) is 3.51. The minimum absolute atomic E-state index is 0.111. The van der Waals surface area contributed by atoms with E-state index in [2.05, 4.69) is 22.2 Å². The molecule has 112 valence electrons. The monoisotopic (exact) mass is 288 g/mol. The van der Waals surface area contributed by atoms with Gasteiger partial charge in [-0.15, -0.1) is 0 Å². The zero-order chi connectivity index (χ0) is 15.2. The molecule has 1 unspecified atom stereocenters. The highest BCUT2D eigenvalue weighted by atomic mass is 19.1. The molecule has 0 fully saturated rings. The summed E-state index contributed by atoms with van der Waals surface area (Å²) in [4.78, 5) is 10.4. The van der Waals surface area contributed by atoms with E-state index in [4.69, 9.17) is 0 Å². The highest BCUT2D eigenvalue weighted by Gasteiger charge is 2.17. The van der Waals surface area contributed by atoms with E-state index in [1.165, 1.54) is 12.4 Å². The van der Waals surface area contributed by atoms with Gasteiger partial charge < -0.3 is 10.2 Å². The Balaban J connectivity index is 2.19. The van der Waals surface area contributed by atoms with Crippen LogP contribution in [0.4, 0.5) is 16.0 Å². The summed E-state index contributed by atoms with van der Waals surface area (Å²) in [6.45, 7) is 4.92. The molecule has 1 heterocycles. The molecule has 5 heteroatoms. The van der Waals surface area contributed by atoms with Crippen molar-refractivity contribution in [2.45, 2.75) is 26.3 Å². The second-order valence-electron chi connectivity index (χ2n) is 5.00. The lowest BCUT2D eigenvalue weighted by atomic mass is 10.1. The average molecular weight is 288 g/mol. The van der Waals surface area contributed by atoms with Crippen molar-refractivity contribution < 1.29 is 4.39 Å². The molecule has 0 bridgehead atoms. The Hall–Kier alpha value is -2.17. The summed E-state index contributed by atoms with van der Waals surface area (Å²) in [6, 6.07) is 8.59. The fraction of sp³-hybridized carbons (Fsp3) is 0.375. The van der Waals surface area contributed by atoms with Gasteiger partial charge in [-0.25, -0.2) is 14.4 Å². The van der Waals surface area contributed by atoms with Gasteiger partial charge >= 0.3 is 0 Å². The lowest BCUT2D eigenvalue weighted by Crippen LogP contribution is -2.23. The molecule has 1 atom stereocenters. The molecule has 0 amide bonds. The van der Waals surface area contributed by atoms with E-state index in [1.807, 2.05) is 31.0 Å². The van der Waals surface area contributed by atoms with Crippen molar-refractivity contribution in [3.8, 4) is 0 Å². The molecule has 2 aromatic rings. The Bertz CT molecular complexity index is 588. The Morgan fingerprint density at radius 1 is 1.29 bits per heavy atom. The molecule has 4 nitrogen and oxygen atoms in total. The minimum Gasteiger partial charge on any atom is -0.370 e. The smallest absolute Gasteiger partial charge is 0.134 e. The number of anilines is 2. The third kappa shape index (κ3) is 3.68. The second kappa shape index (κ2) is 7.02. The van der Waals surface area contributed by atoms with Crippen molar-refractivity contribution in [3.05, 3.63) is 48.0 Å². The first-order valence-electron chi connectivity index (χ1n) is 7.16. The van der Waals surface area contributed by atoms with Gasteiger partial charge in [0.2, 0.25) is 0 Å². The van der Waals surface area contributed by atoms with Crippen molar-refractivity contribution in [3.63, 3.8) is 0 Å². The van der Waals surface area contributed by atoms with Crippen molar-refractivity contribution >= 4 is 11.6 Å². The van der Waals surface area contributed by atoms with E-state index in [0.29, 0.717) is 5.56 Å². The number of benzene rings is 1. The fourth-order valence-corrected chi connectivity index (χ4v) is 2.11. The van der Waals surface area contributed by atoms with Crippen molar-refractivity contribution in [2.24, 2.45) is 0 Å². The molecule has 1 aromatic carbocycles. The van der Waals surface area contributed by atoms with E-state index in [9.17, 15) is 4.39 Å². The van der Waals surface area contributed by atoms with E-state index in [-0.39, 0.29) is 11.9 Å². The number of aromatic nitrogens is 2. The molecule has 0 saturated carbocycles. The van der Waals surface area contributed by atoms with Crippen LogP contribution in [0.25, 0.3) is 0 Å². The highest BCUT2D eigenvalue weighted by molar-refractivity contribution is 5.49. The van der Waals surface area contributed by atoms with Crippen LogP contribution >= 0.6 is 0 Å². The first-order valence-corrected chi connectivity index (χ1v) is 7.16. The maximum absolute atomic E-state index is 13.9. The van der Waals surface area contributed by atoms with Gasteiger partial charge in [0.25, 0.3) is 0 Å². The summed E-state index contributed by atoms with van der Waals surface area (Å²) < 4.78 is 13.9. The van der Waals surface area contributed by atoms with Gasteiger partial charge in [0.1, 0.15) is 23.8 Å². The van der Waals surface area contributed by atoms with Crippen LogP contribution in [0.5, 0.6) is 0 Å². The SMILES string of the molecule is CCCNc1cc(N(C)C(C)c2ccccc2F)ncn1. The van der Waals surface area contributed by atoms with E-state index >= 15 is 0 Å². The standard InChI is InChI=1S/C16H21FN4/c1-4-9-18-15-10-16(20-11-19-15)21(3)12(2)13-7-5-6-8-14(13)17/h5-8,10-12H,4,9H2,1-3H3,(H,18,19,20). The molecule has 0 spiro atoms. The van der Waals surface area contributed by atoms with Gasteiger partial charge in [-0.05, 0) is 19.4 Å². The third-order valence-electron chi connectivity index (χ3n) is 3.51. The molecule has 2 rings (SSSR count). The predicted octanol–water partition coefficient (Wildman–Crippen LogP) is 3.64.